The zero-order valence-corrected chi connectivity index (χ0v) is 11.8. The first-order valence-corrected chi connectivity index (χ1v) is 6.86. The van der Waals surface area contributed by atoms with E-state index in [2.05, 4.69) is 38.9 Å². The van der Waals surface area contributed by atoms with Crippen LogP contribution >= 0.6 is 15.9 Å². The lowest BCUT2D eigenvalue weighted by molar-refractivity contribution is 0.900. The van der Waals surface area contributed by atoms with E-state index in [0.717, 1.165) is 46.4 Å². The number of aromatic nitrogens is 2. The van der Waals surface area contributed by atoms with Crippen molar-refractivity contribution in [3.8, 4) is 11.4 Å². The summed E-state index contributed by atoms with van der Waals surface area (Å²) in [6.07, 6.45) is 3.16. The summed E-state index contributed by atoms with van der Waals surface area (Å²) in [5.74, 6) is 1.37. The summed E-state index contributed by atoms with van der Waals surface area (Å²) in [5, 5.41) is 0. The van der Waals surface area contributed by atoms with Gasteiger partial charge in [-0.25, -0.2) is 9.97 Å². The van der Waals surface area contributed by atoms with Gasteiger partial charge < -0.3 is 5.73 Å². The number of anilines is 1. The molecule has 92 valence electrons. The topological polar surface area (TPSA) is 51.8 Å². The van der Waals surface area contributed by atoms with Gasteiger partial charge in [0, 0.05) is 21.3 Å². The fourth-order valence-electron chi connectivity index (χ4n) is 2.32. The number of aryl methyl sites for hydroxylation is 2. The number of halogens is 1. The van der Waals surface area contributed by atoms with Crippen LogP contribution in [0.25, 0.3) is 11.4 Å². The molecule has 18 heavy (non-hydrogen) atoms. The van der Waals surface area contributed by atoms with Crippen molar-refractivity contribution in [3.05, 3.63) is 39.5 Å². The van der Waals surface area contributed by atoms with Crippen LogP contribution in [-0.2, 0) is 12.8 Å². The molecule has 1 aromatic heterocycles. The van der Waals surface area contributed by atoms with Crippen LogP contribution in [0.1, 0.15) is 23.2 Å². The number of benzene rings is 1. The van der Waals surface area contributed by atoms with Crippen LogP contribution in [0.3, 0.4) is 0 Å². The van der Waals surface area contributed by atoms with E-state index in [4.69, 9.17) is 5.73 Å². The third-order valence-corrected chi connectivity index (χ3v) is 4.25. The predicted molar refractivity (Wildman–Crippen MR) is 76.3 cm³/mol. The average Bonchev–Trinajstić information content (AvgIpc) is 2.81. The minimum Gasteiger partial charge on any atom is -0.383 e. The average molecular weight is 304 g/mol. The van der Waals surface area contributed by atoms with Crippen LogP contribution in [-0.4, -0.2) is 9.97 Å². The molecule has 2 aromatic rings. The standard InChI is InChI=1S/C14H14BrN3/c1-8-5-6-9(7-11(8)15)14-17-12-4-2-3-10(12)13(16)18-14/h5-7H,2-4H2,1H3,(H2,16,17,18). The molecule has 1 aromatic carbocycles. The number of hydrogen-bond donors (Lipinski definition) is 1. The van der Waals surface area contributed by atoms with E-state index in [0.29, 0.717) is 5.82 Å². The summed E-state index contributed by atoms with van der Waals surface area (Å²) in [6.45, 7) is 2.06. The minimum absolute atomic E-state index is 0.643. The molecular weight excluding hydrogens is 290 g/mol. The van der Waals surface area contributed by atoms with E-state index < -0.39 is 0 Å². The van der Waals surface area contributed by atoms with E-state index in [1.54, 1.807) is 0 Å². The molecular formula is C14H14BrN3. The Hall–Kier alpha value is -1.42. The maximum Gasteiger partial charge on any atom is 0.161 e. The number of rotatable bonds is 1. The Bertz CT molecular complexity index is 623. The number of nitrogens with two attached hydrogens (primary N) is 1. The maximum atomic E-state index is 6.02. The van der Waals surface area contributed by atoms with Gasteiger partial charge in [-0.1, -0.05) is 28.1 Å². The Morgan fingerprint density at radius 2 is 2.06 bits per heavy atom. The highest BCUT2D eigenvalue weighted by molar-refractivity contribution is 9.10. The lowest BCUT2D eigenvalue weighted by Gasteiger charge is -2.07. The molecule has 1 heterocycles. The van der Waals surface area contributed by atoms with Crippen molar-refractivity contribution < 1.29 is 0 Å². The molecule has 3 nitrogen and oxygen atoms in total. The molecule has 0 radical (unpaired) electrons. The first kappa shape index (κ1) is 11.7. The van der Waals surface area contributed by atoms with Gasteiger partial charge >= 0.3 is 0 Å². The highest BCUT2D eigenvalue weighted by Crippen LogP contribution is 2.29. The van der Waals surface area contributed by atoms with Crippen LogP contribution < -0.4 is 5.73 Å². The molecule has 0 bridgehead atoms. The summed E-state index contributed by atoms with van der Waals surface area (Å²) in [5.41, 5.74) is 10.5. The Morgan fingerprint density at radius 1 is 1.22 bits per heavy atom. The van der Waals surface area contributed by atoms with E-state index in [1.807, 2.05) is 12.1 Å². The third kappa shape index (κ3) is 1.90. The van der Waals surface area contributed by atoms with Crippen molar-refractivity contribution in [2.24, 2.45) is 0 Å². The Balaban J connectivity index is 2.12. The van der Waals surface area contributed by atoms with Gasteiger partial charge in [-0.05, 0) is 37.8 Å². The summed E-state index contributed by atoms with van der Waals surface area (Å²) in [7, 11) is 0. The van der Waals surface area contributed by atoms with Gasteiger partial charge in [-0.15, -0.1) is 0 Å². The Labute approximate surface area is 115 Å². The second-order valence-corrected chi connectivity index (χ2v) is 5.53. The quantitative estimate of drug-likeness (QED) is 0.879. The fraction of sp³-hybridized carbons (Fsp3) is 0.286. The Morgan fingerprint density at radius 3 is 2.83 bits per heavy atom. The van der Waals surface area contributed by atoms with Gasteiger partial charge in [0.15, 0.2) is 5.82 Å². The summed E-state index contributed by atoms with van der Waals surface area (Å²) in [4.78, 5) is 9.07. The normalized spacial score (nSPS) is 13.7. The molecule has 0 aliphatic heterocycles. The van der Waals surface area contributed by atoms with E-state index in [1.165, 1.54) is 5.56 Å². The maximum absolute atomic E-state index is 6.02. The first-order valence-electron chi connectivity index (χ1n) is 6.07. The molecule has 0 fully saturated rings. The van der Waals surface area contributed by atoms with Gasteiger partial charge in [0.25, 0.3) is 0 Å². The van der Waals surface area contributed by atoms with Gasteiger partial charge in [0.1, 0.15) is 5.82 Å². The summed E-state index contributed by atoms with van der Waals surface area (Å²) >= 11 is 3.54. The molecule has 0 unspecified atom stereocenters. The zero-order valence-electron chi connectivity index (χ0n) is 10.2. The van der Waals surface area contributed by atoms with Gasteiger partial charge in [0.05, 0.1) is 0 Å². The molecule has 0 saturated carbocycles. The largest absolute Gasteiger partial charge is 0.383 e. The molecule has 4 heteroatoms. The van der Waals surface area contributed by atoms with Crippen molar-refractivity contribution in [1.29, 1.82) is 0 Å². The predicted octanol–water partition coefficient (Wildman–Crippen LogP) is 3.29. The van der Waals surface area contributed by atoms with Crippen LogP contribution in [0.2, 0.25) is 0 Å². The van der Waals surface area contributed by atoms with Crippen LogP contribution in [0.15, 0.2) is 22.7 Å². The minimum atomic E-state index is 0.643. The van der Waals surface area contributed by atoms with Crippen molar-refractivity contribution in [3.63, 3.8) is 0 Å². The molecule has 2 N–H and O–H groups in total. The number of nitrogens with zero attached hydrogens (tertiary/aromatic N) is 2. The molecule has 1 aliphatic carbocycles. The SMILES string of the molecule is Cc1ccc(-c2nc(N)c3c(n2)CCC3)cc1Br. The highest BCUT2D eigenvalue weighted by Gasteiger charge is 2.18. The van der Waals surface area contributed by atoms with E-state index in [-0.39, 0.29) is 0 Å². The zero-order chi connectivity index (χ0) is 12.7. The summed E-state index contributed by atoms with van der Waals surface area (Å²) < 4.78 is 1.07. The molecule has 1 aliphatic rings. The number of nitrogen functional groups attached to an aromatic ring is 1. The first-order chi connectivity index (χ1) is 8.65. The van der Waals surface area contributed by atoms with Crippen molar-refractivity contribution in [2.45, 2.75) is 26.2 Å². The van der Waals surface area contributed by atoms with Crippen LogP contribution in [0.5, 0.6) is 0 Å². The molecule has 3 rings (SSSR count). The van der Waals surface area contributed by atoms with Crippen LogP contribution in [0.4, 0.5) is 5.82 Å². The van der Waals surface area contributed by atoms with Crippen molar-refractivity contribution in [1.82, 2.24) is 9.97 Å². The smallest absolute Gasteiger partial charge is 0.161 e. The third-order valence-electron chi connectivity index (χ3n) is 3.40. The highest BCUT2D eigenvalue weighted by atomic mass is 79.9. The molecule has 0 spiro atoms. The van der Waals surface area contributed by atoms with Gasteiger partial charge in [-0.3, -0.25) is 0 Å². The fourth-order valence-corrected chi connectivity index (χ4v) is 2.70. The number of hydrogen-bond acceptors (Lipinski definition) is 3. The van der Waals surface area contributed by atoms with E-state index in [9.17, 15) is 0 Å². The van der Waals surface area contributed by atoms with Crippen LogP contribution in [0, 0.1) is 6.92 Å². The van der Waals surface area contributed by atoms with Crippen molar-refractivity contribution >= 4 is 21.7 Å². The second kappa shape index (κ2) is 4.35. The Kier molecular flexibility index (Phi) is 2.82. The summed E-state index contributed by atoms with van der Waals surface area (Å²) in [6, 6.07) is 6.15. The van der Waals surface area contributed by atoms with Gasteiger partial charge in [0.2, 0.25) is 0 Å². The lowest BCUT2D eigenvalue weighted by atomic mass is 10.1. The van der Waals surface area contributed by atoms with E-state index >= 15 is 0 Å². The molecule has 0 saturated heterocycles. The number of fused-ring (bicyclic) bond motifs is 1. The molecule has 0 amide bonds. The monoisotopic (exact) mass is 303 g/mol. The van der Waals surface area contributed by atoms with Crippen molar-refractivity contribution in [2.75, 3.05) is 5.73 Å². The molecule has 0 atom stereocenters. The van der Waals surface area contributed by atoms with Gasteiger partial charge in [-0.2, -0.15) is 0 Å². The second-order valence-electron chi connectivity index (χ2n) is 4.68. The lowest BCUT2D eigenvalue weighted by Crippen LogP contribution is -2.02.